The van der Waals surface area contributed by atoms with E-state index in [1.54, 1.807) is 0 Å². The van der Waals surface area contributed by atoms with Crippen LogP contribution in [0.4, 0.5) is 0 Å². The zero-order valence-corrected chi connectivity index (χ0v) is 18.2. The van der Waals surface area contributed by atoms with E-state index in [9.17, 15) is 24.0 Å². The van der Waals surface area contributed by atoms with Crippen molar-refractivity contribution in [2.75, 3.05) is 18.8 Å². The van der Waals surface area contributed by atoms with Crippen LogP contribution >= 0.6 is 12.6 Å². The third kappa shape index (κ3) is 8.34. The maximum Gasteiger partial charge on any atom is 0.327 e. The van der Waals surface area contributed by atoms with Gasteiger partial charge in [-0.25, -0.2) is 4.79 Å². The summed E-state index contributed by atoms with van der Waals surface area (Å²) in [5.74, 6) is -4.09. The molecule has 1 rings (SSSR count). The summed E-state index contributed by atoms with van der Waals surface area (Å²) in [6.07, 6.45) is 2.03. The first-order valence-corrected chi connectivity index (χ1v) is 10.7. The van der Waals surface area contributed by atoms with Crippen molar-refractivity contribution in [3.05, 3.63) is 0 Å². The Bertz CT molecular complexity index is 678. The van der Waals surface area contributed by atoms with Crippen molar-refractivity contribution in [3.8, 4) is 0 Å². The van der Waals surface area contributed by atoms with Gasteiger partial charge in [0, 0.05) is 12.3 Å². The van der Waals surface area contributed by atoms with Crippen LogP contribution in [0.3, 0.4) is 0 Å². The number of nitrogens with one attached hydrogen (secondary N) is 2. The summed E-state index contributed by atoms with van der Waals surface area (Å²) in [4.78, 5) is 61.8. The Kier molecular flexibility index (Phi) is 11.3. The van der Waals surface area contributed by atoms with E-state index in [0.29, 0.717) is 38.6 Å². The number of carboxylic acids is 1. The molecule has 1 fully saturated rings. The summed E-state index contributed by atoms with van der Waals surface area (Å²) in [5.41, 5.74) is 16.5. The Balaban J connectivity index is 2.88. The molecule has 0 aromatic rings. The Morgan fingerprint density at radius 3 is 2.35 bits per heavy atom. The first-order valence-electron chi connectivity index (χ1n) is 10.1. The number of aliphatic carboxylic acids is 1. The zero-order valence-electron chi connectivity index (χ0n) is 17.3. The molecular formula is C18H32N6O6S. The van der Waals surface area contributed by atoms with Crippen LogP contribution in [0, 0.1) is 0 Å². The van der Waals surface area contributed by atoms with Crippen LogP contribution in [-0.4, -0.2) is 82.6 Å². The average Bonchev–Trinajstić information content (AvgIpc) is 3.20. The van der Waals surface area contributed by atoms with Crippen LogP contribution in [-0.2, 0) is 24.0 Å². The third-order valence-corrected chi connectivity index (χ3v) is 5.33. The number of carbonyl (C=O) groups excluding carboxylic acids is 4. The summed E-state index contributed by atoms with van der Waals surface area (Å²) >= 11 is 3.90. The van der Waals surface area contributed by atoms with Crippen molar-refractivity contribution in [1.29, 1.82) is 0 Å². The van der Waals surface area contributed by atoms with E-state index in [0.717, 1.165) is 0 Å². The van der Waals surface area contributed by atoms with Crippen molar-refractivity contribution in [2.45, 2.75) is 62.7 Å². The molecule has 0 spiro atoms. The van der Waals surface area contributed by atoms with Crippen LogP contribution in [0.15, 0.2) is 0 Å². The lowest BCUT2D eigenvalue weighted by Crippen LogP contribution is -2.57. The highest BCUT2D eigenvalue weighted by Gasteiger charge is 2.39. The quantitative estimate of drug-likeness (QED) is 0.113. The highest BCUT2D eigenvalue weighted by molar-refractivity contribution is 7.80. The smallest absolute Gasteiger partial charge is 0.327 e. The molecule has 12 nitrogen and oxygen atoms in total. The van der Waals surface area contributed by atoms with Crippen LogP contribution in [0.1, 0.15) is 38.5 Å². The third-order valence-electron chi connectivity index (χ3n) is 4.96. The molecule has 0 saturated carbocycles. The number of rotatable bonds is 13. The van der Waals surface area contributed by atoms with E-state index in [4.69, 9.17) is 22.3 Å². The number of likely N-dealkylation sites (tertiary alicyclic amines) is 1. The standard InChI is InChI=1S/C18H32N6O6S/c19-6-2-1-4-10(20)15(26)22-11(8-14(21)25)17(28)24-7-3-5-13(24)16(27)23-12(9-31)18(29)30/h10-13,31H,1-9,19-20H2,(H2,21,25)(H,22,26)(H,23,27)(H,29,30). The number of amides is 4. The van der Waals surface area contributed by atoms with Gasteiger partial charge in [-0.2, -0.15) is 12.6 Å². The number of primary amides is 1. The molecule has 13 heteroatoms. The first-order chi connectivity index (χ1) is 14.6. The number of nitrogens with two attached hydrogens (primary N) is 3. The van der Waals surface area contributed by atoms with E-state index in [-0.39, 0.29) is 12.3 Å². The van der Waals surface area contributed by atoms with Gasteiger partial charge >= 0.3 is 5.97 Å². The topological polar surface area (TPSA) is 211 Å². The second kappa shape index (κ2) is 13.1. The van der Waals surface area contributed by atoms with Crippen LogP contribution in [0.2, 0.25) is 0 Å². The second-order valence-corrected chi connectivity index (χ2v) is 7.76. The number of hydrogen-bond acceptors (Lipinski definition) is 8. The molecule has 4 unspecified atom stereocenters. The zero-order chi connectivity index (χ0) is 23.6. The van der Waals surface area contributed by atoms with Gasteiger partial charge in [-0.15, -0.1) is 0 Å². The number of carboxylic acid groups (broad SMARTS) is 1. The SMILES string of the molecule is NCCCCC(N)C(=O)NC(CC(N)=O)C(=O)N1CCCC1C(=O)NC(CS)C(=O)O. The number of unbranched alkanes of at least 4 members (excludes halogenated alkanes) is 1. The molecular weight excluding hydrogens is 428 g/mol. The van der Waals surface area contributed by atoms with Crippen molar-refractivity contribution >= 4 is 42.2 Å². The van der Waals surface area contributed by atoms with Gasteiger partial charge in [-0.3, -0.25) is 19.2 Å². The van der Waals surface area contributed by atoms with Crippen molar-refractivity contribution in [2.24, 2.45) is 17.2 Å². The van der Waals surface area contributed by atoms with Gasteiger partial charge in [0.25, 0.3) is 0 Å². The molecule has 1 aliphatic heterocycles. The minimum Gasteiger partial charge on any atom is -0.480 e. The van der Waals surface area contributed by atoms with Crippen molar-refractivity contribution < 1.29 is 29.1 Å². The van der Waals surface area contributed by atoms with E-state index in [1.165, 1.54) is 4.90 Å². The number of nitrogens with zero attached hydrogens (tertiary/aromatic N) is 1. The second-order valence-electron chi connectivity index (χ2n) is 7.39. The molecule has 1 heterocycles. The normalized spacial score (nSPS) is 18.7. The number of thiol groups is 1. The largest absolute Gasteiger partial charge is 0.480 e. The van der Waals surface area contributed by atoms with Crippen LogP contribution in [0.5, 0.6) is 0 Å². The average molecular weight is 461 g/mol. The maximum absolute atomic E-state index is 13.0. The van der Waals surface area contributed by atoms with Gasteiger partial charge in [0.05, 0.1) is 12.5 Å². The Morgan fingerprint density at radius 1 is 1.13 bits per heavy atom. The van der Waals surface area contributed by atoms with Gasteiger partial charge < -0.3 is 37.8 Å². The fourth-order valence-electron chi connectivity index (χ4n) is 3.28. The molecule has 1 saturated heterocycles. The molecule has 0 aromatic heterocycles. The minimum atomic E-state index is -1.28. The predicted octanol–water partition coefficient (Wildman–Crippen LogP) is -2.71. The Hall–Kier alpha value is -2.38. The summed E-state index contributed by atoms with van der Waals surface area (Å²) < 4.78 is 0. The van der Waals surface area contributed by atoms with Gasteiger partial charge in [0.15, 0.2) is 0 Å². The molecule has 9 N–H and O–H groups in total. The van der Waals surface area contributed by atoms with Crippen LogP contribution in [0.25, 0.3) is 0 Å². The van der Waals surface area contributed by atoms with Crippen LogP contribution < -0.4 is 27.8 Å². The van der Waals surface area contributed by atoms with Gasteiger partial charge in [0.2, 0.25) is 23.6 Å². The molecule has 4 amide bonds. The summed E-state index contributed by atoms with van der Waals surface area (Å²) in [6.45, 7) is 0.675. The Morgan fingerprint density at radius 2 is 1.81 bits per heavy atom. The molecule has 0 bridgehead atoms. The van der Waals surface area contributed by atoms with Gasteiger partial charge in [0.1, 0.15) is 18.1 Å². The molecule has 1 aliphatic rings. The van der Waals surface area contributed by atoms with E-state index < -0.39 is 60.2 Å². The molecule has 176 valence electrons. The summed E-state index contributed by atoms with van der Waals surface area (Å²) in [6, 6.07) is -4.31. The fourth-order valence-corrected chi connectivity index (χ4v) is 3.52. The predicted molar refractivity (Wildman–Crippen MR) is 115 cm³/mol. The Labute approximate surface area is 186 Å². The number of hydrogen-bond donors (Lipinski definition) is 7. The number of carbonyl (C=O) groups is 5. The summed E-state index contributed by atoms with van der Waals surface area (Å²) in [5, 5.41) is 13.9. The molecule has 0 aromatic carbocycles. The van der Waals surface area contributed by atoms with E-state index in [1.807, 2.05) is 0 Å². The lowest BCUT2D eigenvalue weighted by molar-refractivity contribution is -0.145. The van der Waals surface area contributed by atoms with Gasteiger partial charge in [-0.1, -0.05) is 6.42 Å². The summed E-state index contributed by atoms with van der Waals surface area (Å²) in [7, 11) is 0. The molecule has 0 radical (unpaired) electrons. The fraction of sp³-hybridized carbons (Fsp3) is 0.722. The molecule has 4 atom stereocenters. The van der Waals surface area contributed by atoms with E-state index >= 15 is 0 Å². The van der Waals surface area contributed by atoms with E-state index in [2.05, 4.69) is 23.3 Å². The monoisotopic (exact) mass is 460 g/mol. The highest BCUT2D eigenvalue weighted by atomic mass is 32.1. The minimum absolute atomic E-state index is 0.121. The van der Waals surface area contributed by atoms with Crippen molar-refractivity contribution in [1.82, 2.24) is 15.5 Å². The molecule has 0 aliphatic carbocycles. The molecule has 31 heavy (non-hydrogen) atoms. The maximum atomic E-state index is 13.0. The lowest BCUT2D eigenvalue weighted by atomic mass is 10.1. The first kappa shape index (κ1) is 26.7. The van der Waals surface area contributed by atoms with Gasteiger partial charge in [-0.05, 0) is 32.2 Å². The highest BCUT2D eigenvalue weighted by Crippen LogP contribution is 2.19. The lowest BCUT2D eigenvalue weighted by Gasteiger charge is -2.29. The van der Waals surface area contributed by atoms with Crippen molar-refractivity contribution in [3.63, 3.8) is 0 Å².